The first-order chi connectivity index (χ1) is 14.7. The first kappa shape index (κ1) is 21.4. The molecule has 7 nitrogen and oxygen atoms in total. The number of nitrogens with one attached hydrogen (secondary N) is 2. The highest BCUT2D eigenvalue weighted by molar-refractivity contribution is 6.30. The van der Waals surface area contributed by atoms with E-state index in [1.54, 1.807) is 13.0 Å². The Bertz CT molecular complexity index is 1040. The second-order valence-corrected chi connectivity index (χ2v) is 8.75. The maximum Gasteiger partial charge on any atom is 0.290 e. The summed E-state index contributed by atoms with van der Waals surface area (Å²) in [5, 5.41) is 9.88. The van der Waals surface area contributed by atoms with Gasteiger partial charge in [-0.05, 0) is 56.7 Å². The molecule has 1 aromatic heterocycles. The molecular formula is C22H23ClFN3O4. The minimum atomic E-state index is -0.606. The Balaban J connectivity index is 1.35. The summed E-state index contributed by atoms with van der Waals surface area (Å²) in [5.41, 5.74) is 0.578. The van der Waals surface area contributed by atoms with Gasteiger partial charge in [0.1, 0.15) is 11.6 Å². The first-order valence-electron chi connectivity index (χ1n) is 10.0. The quantitative estimate of drug-likeness (QED) is 0.658. The van der Waals surface area contributed by atoms with Crippen LogP contribution in [0.4, 0.5) is 4.39 Å². The molecule has 2 N–H and O–H groups in total. The molecule has 0 saturated heterocycles. The summed E-state index contributed by atoms with van der Waals surface area (Å²) < 4.78 is 24.0. The number of benzene rings is 1. The fraction of sp³-hybridized carbons (Fsp3) is 0.409. The molecule has 2 amide bonds. The number of hydrogen-bond donors (Lipinski definition) is 2. The molecule has 3 fully saturated rings. The Hall–Kier alpha value is -2.87. The Morgan fingerprint density at radius 3 is 2.61 bits per heavy atom. The minimum Gasteiger partial charge on any atom is -0.484 e. The zero-order valence-electron chi connectivity index (χ0n) is 17.1. The summed E-state index contributed by atoms with van der Waals surface area (Å²) in [5.74, 6) is -0.804. The van der Waals surface area contributed by atoms with Gasteiger partial charge in [-0.3, -0.25) is 9.59 Å². The van der Waals surface area contributed by atoms with Gasteiger partial charge >= 0.3 is 0 Å². The van der Waals surface area contributed by atoms with Crippen LogP contribution in [0, 0.1) is 12.7 Å². The number of amides is 2. The fourth-order valence-electron chi connectivity index (χ4n) is 4.44. The van der Waals surface area contributed by atoms with Crippen LogP contribution in [-0.2, 0) is 4.79 Å². The highest BCUT2D eigenvalue weighted by Gasteiger charge is 2.52. The van der Waals surface area contributed by atoms with E-state index in [-0.39, 0.29) is 35.0 Å². The summed E-state index contributed by atoms with van der Waals surface area (Å²) in [7, 11) is 0. The molecule has 0 unspecified atom stereocenters. The van der Waals surface area contributed by atoms with E-state index < -0.39 is 16.9 Å². The predicted octanol–water partition coefficient (Wildman–Crippen LogP) is 3.71. The second kappa shape index (κ2) is 8.00. The van der Waals surface area contributed by atoms with Crippen LogP contribution < -0.4 is 15.4 Å². The molecular weight excluding hydrogens is 425 g/mol. The third kappa shape index (κ3) is 4.30. The largest absolute Gasteiger partial charge is 0.484 e. The average molecular weight is 448 g/mol. The molecule has 3 saturated carbocycles. The lowest BCUT2D eigenvalue weighted by atomic mass is 9.59. The second-order valence-electron chi connectivity index (χ2n) is 8.34. The van der Waals surface area contributed by atoms with Crippen LogP contribution in [0.3, 0.4) is 0 Å². The van der Waals surface area contributed by atoms with Gasteiger partial charge in [-0.2, -0.15) is 0 Å². The van der Waals surface area contributed by atoms with Crippen LogP contribution in [0.25, 0.3) is 0 Å². The molecule has 2 bridgehead atoms. The van der Waals surface area contributed by atoms with E-state index in [1.165, 1.54) is 12.1 Å². The third-order valence-corrected chi connectivity index (χ3v) is 6.47. The van der Waals surface area contributed by atoms with E-state index >= 15 is 0 Å². The lowest BCUT2D eigenvalue weighted by Crippen LogP contribution is -2.65. The van der Waals surface area contributed by atoms with Crippen LogP contribution in [-0.4, -0.2) is 34.7 Å². The van der Waals surface area contributed by atoms with Gasteiger partial charge in [-0.1, -0.05) is 23.3 Å². The number of nitrogens with zero attached hydrogens (tertiary/aromatic N) is 1. The highest BCUT2D eigenvalue weighted by Crippen LogP contribution is 2.49. The number of aromatic nitrogens is 1. The zero-order chi connectivity index (χ0) is 22.2. The van der Waals surface area contributed by atoms with Crippen LogP contribution in [0.5, 0.6) is 5.75 Å². The van der Waals surface area contributed by atoms with E-state index in [1.807, 2.05) is 0 Å². The van der Waals surface area contributed by atoms with Gasteiger partial charge in [0.05, 0.1) is 16.3 Å². The summed E-state index contributed by atoms with van der Waals surface area (Å²) in [6.07, 6.45) is 3.28. The van der Waals surface area contributed by atoms with Crippen LogP contribution in [0.15, 0.2) is 40.9 Å². The van der Waals surface area contributed by atoms with Crippen molar-refractivity contribution in [3.05, 3.63) is 58.7 Å². The van der Waals surface area contributed by atoms with E-state index in [0.717, 1.165) is 11.6 Å². The maximum atomic E-state index is 13.5. The number of hydrogen-bond acceptors (Lipinski definition) is 5. The molecule has 164 valence electrons. The Kier molecular flexibility index (Phi) is 5.51. The molecule has 3 aliphatic carbocycles. The molecule has 0 atom stereocenters. The Morgan fingerprint density at radius 2 is 2.00 bits per heavy atom. The van der Waals surface area contributed by atoms with Crippen molar-refractivity contribution in [1.82, 2.24) is 15.8 Å². The highest BCUT2D eigenvalue weighted by atomic mass is 35.5. The standard InChI is InChI=1S/C22H23ClFN3O4/c1-13-11-21(26-20(29)18-9-14(2)27-31-18)5-7-22(13,8-6-21)25-19(28)12-30-15-3-4-16(23)17(24)10-15/h3-4,9-10H,1,5-8,11-12H2,2H3,(H,25,28)(H,26,29). The van der Waals surface area contributed by atoms with Crippen LogP contribution >= 0.6 is 11.6 Å². The van der Waals surface area contributed by atoms with Crippen molar-refractivity contribution in [2.75, 3.05) is 6.61 Å². The van der Waals surface area contributed by atoms with Gasteiger partial charge in [0.15, 0.2) is 6.61 Å². The smallest absolute Gasteiger partial charge is 0.290 e. The van der Waals surface area contributed by atoms with Crippen molar-refractivity contribution >= 4 is 23.4 Å². The number of halogens is 2. The molecule has 1 heterocycles. The van der Waals surface area contributed by atoms with Crippen molar-refractivity contribution in [1.29, 1.82) is 0 Å². The molecule has 9 heteroatoms. The molecule has 3 aliphatic rings. The first-order valence-corrected chi connectivity index (χ1v) is 10.4. The topological polar surface area (TPSA) is 93.5 Å². The Morgan fingerprint density at radius 1 is 1.26 bits per heavy atom. The summed E-state index contributed by atoms with van der Waals surface area (Å²) >= 11 is 5.65. The third-order valence-electron chi connectivity index (χ3n) is 6.16. The van der Waals surface area contributed by atoms with Gasteiger partial charge in [0.25, 0.3) is 11.8 Å². The molecule has 5 rings (SSSR count). The number of ether oxygens (including phenoxy) is 1. The van der Waals surface area contributed by atoms with E-state index in [9.17, 15) is 14.0 Å². The maximum absolute atomic E-state index is 13.5. The van der Waals surface area contributed by atoms with Crippen molar-refractivity contribution in [2.45, 2.75) is 50.1 Å². The molecule has 2 aromatic rings. The number of carbonyl (C=O) groups is 2. The average Bonchev–Trinajstić information content (AvgIpc) is 3.17. The fourth-order valence-corrected chi connectivity index (χ4v) is 4.55. The van der Waals surface area contributed by atoms with E-state index in [2.05, 4.69) is 22.4 Å². The molecule has 0 spiro atoms. The van der Waals surface area contributed by atoms with Crippen molar-refractivity contribution in [3.8, 4) is 5.75 Å². The molecule has 31 heavy (non-hydrogen) atoms. The van der Waals surface area contributed by atoms with Gasteiger partial charge in [-0.25, -0.2) is 4.39 Å². The van der Waals surface area contributed by atoms with Crippen molar-refractivity contribution < 1.29 is 23.2 Å². The summed E-state index contributed by atoms with van der Waals surface area (Å²) in [6, 6.07) is 5.62. The van der Waals surface area contributed by atoms with Crippen LogP contribution in [0.2, 0.25) is 5.02 Å². The minimum absolute atomic E-state index is 0.00887. The summed E-state index contributed by atoms with van der Waals surface area (Å²) in [4.78, 5) is 25.1. The lowest BCUT2D eigenvalue weighted by molar-refractivity contribution is -0.125. The van der Waals surface area contributed by atoms with Gasteiger partial charge < -0.3 is 19.9 Å². The number of carbonyl (C=O) groups excluding carboxylic acids is 2. The Labute approximate surface area is 184 Å². The molecule has 0 aliphatic heterocycles. The van der Waals surface area contributed by atoms with E-state index in [4.69, 9.17) is 20.9 Å². The van der Waals surface area contributed by atoms with Crippen molar-refractivity contribution in [3.63, 3.8) is 0 Å². The van der Waals surface area contributed by atoms with Gasteiger partial charge in [-0.15, -0.1) is 0 Å². The predicted molar refractivity (Wildman–Crippen MR) is 111 cm³/mol. The summed E-state index contributed by atoms with van der Waals surface area (Å²) in [6.45, 7) is 5.69. The molecule has 0 radical (unpaired) electrons. The van der Waals surface area contributed by atoms with Crippen molar-refractivity contribution in [2.24, 2.45) is 0 Å². The number of rotatable bonds is 6. The lowest BCUT2D eigenvalue weighted by Gasteiger charge is -2.55. The normalized spacial score (nSPS) is 24.7. The number of aryl methyl sites for hydroxylation is 1. The molecule has 1 aromatic carbocycles. The van der Waals surface area contributed by atoms with Crippen LogP contribution in [0.1, 0.15) is 48.4 Å². The van der Waals surface area contributed by atoms with E-state index in [0.29, 0.717) is 37.8 Å². The van der Waals surface area contributed by atoms with Gasteiger partial charge in [0, 0.05) is 17.7 Å². The zero-order valence-corrected chi connectivity index (χ0v) is 17.9. The SMILES string of the molecule is C=C1CC2(NC(=O)c3cc(C)no3)CCC1(NC(=O)COc1ccc(Cl)c(F)c1)CC2. The number of fused-ring (bicyclic) bond motifs is 3. The monoisotopic (exact) mass is 447 g/mol. The van der Waals surface area contributed by atoms with Gasteiger partial charge in [0.2, 0.25) is 5.76 Å².